The highest BCUT2D eigenvalue weighted by Gasteiger charge is 2.14. The van der Waals surface area contributed by atoms with Crippen LogP contribution in [-0.2, 0) is 6.54 Å². The number of hydrogen-bond acceptors (Lipinski definition) is 6. The number of anilines is 1. The van der Waals surface area contributed by atoms with E-state index < -0.39 is 0 Å². The van der Waals surface area contributed by atoms with Gasteiger partial charge in [-0.2, -0.15) is 9.36 Å². The summed E-state index contributed by atoms with van der Waals surface area (Å²) in [6.45, 7) is 3.39. The maximum atomic E-state index is 12.2. The van der Waals surface area contributed by atoms with Gasteiger partial charge in [0.15, 0.2) is 5.82 Å². The molecular formula is C20H22N4OS2. The average Bonchev–Trinajstić information content (AvgIpc) is 3.27. The zero-order chi connectivity index (χ0) is 18.5. The maximum Gasteiger partial charge on any atom is 0.257 e. The summed E-state index contributed by atoms with van der Waals surface area (Å²) < 4.78 is 4.42. The molecular weight excluding hydrogens is 376 g/mol. The van der Waals surface area contributed by atoms with Gasteiger partial charge in [-0.05, 0) is 50.2 Å². The topological polar surface area (TPSA) is 58.1 Å². The number of amides is 1. The van der Waals surface area contributed by atoms with Crippen LogP contribution < -0.4 is 5.32 Å². The van der Waals surface area contributed by atoms with Crippen molar-refractivity contribution >= 4 is 33.9 Å². The number of nitrogens with one attached hydrogen (secondary N) is 1. The fourth-order valence-corrected chi connectivity index (χ4v) is 4.85. The van der Waals surface area contributed by atoms with Crippen LogP contribution in [0, 0.1) is 0 Å². The van der Waals surface area contributed by atoms with Crippen LogP contribution in [0.5, 0.6) is 0 Å². The molecule has 1 fully saturated rings. The van der Waals surface area contributed by atoms with Crippen molar-refractivity contribution in [3.8, 4) is 10.7 Å². The van der Waals surface area contributed by atoms with Gasteiger partial charge in [0, 0.05) is 28.5 Å². The first-order chi connectivity index (χ1) is 13.3. The van der Waals surface area contributed by atoms with Gasteiger partial charge in [-0.15, -0.1) is 11.3 Å². The smallest absolute Gasteiger partial charge is 0.257 e. The van der Waals surface area contributed by atoms with Gasteiger partial charge in [-0.3, -0.25) is 15.0 Å². The minimum atomic E-state index is -0.161. The lowest BCUT2D eigenvalue weighted by molar-refractivity contribution is 0.102. The lowest BCUT2D eigenvalue weighted by Gasteiger charge is -2.18. The molecule has 4 rings (SSSR count). The molecule has 1 N–H and O–H groups in total. The molecule has 0 saturated carbocycles. The Hall–Kier alpha value is -2.09. The van der Waals surface area contributed by atoms with E-state index in [0.29, 0.717) is 16.5 Å². The second-order valence-corrected chi connectivity index (χ2v) is 8.62. The summed E-state index contributed by atoms with van der Waals surface area (Å²) in [4.78, 5) is 21.7. The van der Waals surface area contributed by atoms with Crippen molar-refractivity contribution in [1.82, 2.24) is 14.3 Å². The third-order valence-electron chi connectivity index (χ3n) is 4.64. The van der Waals surface area contributed by atoms with Gasteiger partial charge >= 0.3 is 0 Å². The molecule has 2 aromatic heterocycles. The number of carbonyl (C=O) groups is 1. The SMILES string of the molecule is O=C(Nc1nc(-c2ccc(CN3CCCCCC3)s2)ns1)c1ccccc1. The van der Waals surface area contributed by atoms with E-state index in [9.17, 15) is 4.79 Å². The predicted octanol–water partition coefficient (Wildman–Crippen LogP) is 4.89. The van der Waals surface area contributed by atoms with Crippen LogP contribution >= 0.6 is 22.9 Å². The number of hydrogen-bond donors (Lipinski definition) is 1. The minimum Gasteiger partial charge on any atom is -0.298 e. The molecule has 1 aliphatic rings. The molecule has 0 unspecified atom stereocenters. The summed E-state index contributed by atoms with van der Waals surface area (Å²) in [5.74, 6) is 0.529. The van der Waals surface area contributed by atoms with Gasteiger partial charge in [0.2, 0.25) is 5.13 Å². The Kier molecular flexibility index (Phi) is 5.91. The van der Waals surface area contributed by atoms with Crippen molar-refractivity contribution in [3.05, 3.63) is 52.9 Å². The Morgan fingerprint density at radius 3 is 2.59 bits per heavy atom. The Balaban J connectivity index is 1.40. The second-order valence-electron chi connectivity index (χ2n) is 6.70. The van der Waals surface area contributed by atoms with Gasteiger partial charge < -0.3 is 0 Å². The summed E-state index contributed by atoms with van der Waals surface area (Å²) >= 11 is 2.96. The minimum absolute atomic E-state index is 0.161. The van der Waals surface area contributed by atoms with Gasteiger partial charge in [0.05, 0.1) is 4.88 Å². The van der Waals surface area contributed by atoms with Crippen molar-refractivity contribution in [3.63, 3.8) is 0 Å². The number of nitrogens with zero attached hydrogens (tertiary/aromatic N) is 3. The first kappa shape index (κ1) is 18.3. The highest BCUT2D eigenvalue weighted by molar-refractivity contribution is 7.15. The van der Waals surface area contributed by atoms with Crippen LogP contribution in [-0.4, -0.2) is 33.3 Å². The van der Waals surface area contributed by atoms with Crippen molar-refractivity contribution in [1.29, 1.82) is 0 Å². The number of rotatable bonds is 5. The van der Waals surface area contributed by atoms with E-state index in [-0.39, 0.29) is 5.91 Å². The van der Waals surface area contributed by atoms with Crippen LogP contribution in [0.2, 0.25) is 0 Å². The van der Waals surface area contributed by atoms with Gasteiger partial charge in [0.25, 0.3) is 5.91 Å². The molecule has 0 aliphatic carbocycles. The Labute approximate surface area is 167 Å². The summed E-state index contributed by atoms with van der Waals surface area (Å²) in [5.41, 5.74) is 0.616. The molecule has 0 bridgehead atoms. The number of likely N-dealkylation sites (tertiary alicyclic amines) is 1. The average molecular weight is 399 g/mol. The van der Waals surface area contributed by atoms with Gasteiger partial charge in [-0.25, -0.2) is 0 Å². The standard InChI is InChI=1S/C20H22N4OS2/c25-19(15-8-4-3-5-9-15)22-20-21-18(23-27-20)17-11-10-16(26-17)14-24-12-6-1-2-7-13-24/h3-5,8-11H,1-2,6-7,12-14H2,(H,21,22,23,25). The highest BCUT2D eigenvalue weighted by atomic mass is 32.1. The molecule has 5 nitrogen and oxygen atoms in total. The molecule has 140 valence electrons. The highest BCUT2D eigenvalue weighted by Crippen LogP contribution is 2.29. The number of carbonyl (C=O) groups excluding carboxylic acids is 1. The van der Waals surface area contributed by atoms with E-state index in [1.54, 1.807) is 23.5 Å². The van der Waals surface area contributed by atoms with Crippen LogP contribution in [0.3, 0.4) is 0 Å². The van der Waals surface area contributed by atoms with E-state index in [4.69, 9.17) is 0 Å². The lowest BCUT2D eigenvalue weighted by Crippen LogP contribution is -2.23. The van der Waals surface area contributed by atoms with Gasteiger partial charge in [0.1, 0.15) is 0 Å². The van der Waals surface area contributed by atoms with E-state index >= 15 is 0 Å². The van der Waals surface area contributed by atoms with Crippen LogP contribution in [0.4, 0.5) is 5.13 Å². The monoisotopic (exact) mass is 398 g/mol. The first-order valence-corrected chi connectivity index (χ1v) is 10.9. The summed E-state index contributed by atoms with van der Waals surface area (Å²) in [5, 5.41) is 3.36. The van der Waals surface area contributed by atoms with Crippen molar-refractivity contribution in [2.75, 3.05) is 18.4 Å². The zero-order valence-electron chi connectivity index (χ0n) is 15.1. The largest absolute Gasteiger partial charge is 0.298 e. The zero-order valence-corrected chi connectivity index (χ0v) is 16.7. The van der Waals surface area contributed by atoms with Crippen LogP contribution in [0.25, 0.3) is 10.7 Å². The van der Waals surface area contributed by atoms with Crippen molar-refractivity contribution in [2.24, 2.45) is 0 Å². The van der Waals surface area contributed by atoms with Crippen molar-refractivity contribution < 1.29 is 4.79 Å². The molecule has 0 atom stereocenters. The Morgan fingerprint density at radius 2 is 1.81 bits per heavy atom. The summed E-state index contributed by atoms with van der Waals surface area (Å²) in [6.07, 6.45) is 5.31. The Bertz CT molecular complexity index is 882. The fourth-order valence-electron chi connectivity index (χ4n) is 3.23. The van der Waals surface area contributed by atoms with E-state index in [1.807, 2.05) is 18.2 Å². The quantitative estimate of drug-likeness (QED) is 0.664. The molecule has 1 aliphatic heterocycles. The third kappa shape index (κ3) is 4.80. The van der Waals surface area contributed by atoms with Gasteiger partial charge in [-0.1, -0.05) is 31.0 Å². The van der Waals surface area contributed by atoms with E-state index in [0.717, 1.165) is 11.4 Å². The fraction of sp³-hybridized carbons (Fsp3) is 0.350. The van der Waals surface area contributed by atoms with E-state index in [1.165, 1.54) is 55.2 Å². The Morgan fingerprint density at radius 1 is 1.04 bits per heavy atom. The second kappa shape index (κ2) is 8.73. The van der Waals surface area contributed by atoms with Crippen molar-refractivity contribution in [2.45, 2.75) is 32.2 Å². The molecule has 1 amide bonds. The summed E-state index contributed by atoms with van der Waals surface area (Å²) in [7, 11) is 0. The lowest BCUT2D eigenvalue weighted by atomic mass is 10.2. The number of aromatic nitrogens is 2. The molecule has 3 aromatic rings. The predicted molar refractivity (Wildman–Crippen MR) is 111 cm³/mol. The molecule has 0 spiro atoms. The first-order valence-electron chi connectivity index (χ1n) is 9.29. The third-order valence-corrected chi connectivity index (χ3v) is 6.34. The van der Waals surface area contributed by atoms with E-state index in [2.05, 4.69) is 31.7 Å². The molecule has 7 heteroatoms. The molecule has 1 aromatic carbocycles. The summed E-state index contributed by atoms with van der Waals surface area (Å²) in [6, 6.07) is 13.4. The van der Waals surface area contributed by atoms with Crippen LogP contribution in [0.15, 0.2) is 42.5 Å². The maximum absolute atomic E-state index is 12.2. The number of thiophene rings is 1. The van der Waals surface area contributed by atoms with Crippen LogP contribution in [0.1, 0.15) is 40.9 Å². The molecule has 27 heavy (non-hydrogen) atoms. The number of benzene rings is 1. The normalized spacial score (nSPS) is 15.4. The molecule has 0 radical (unpaired) electrons. The molecule has 1 saturated heterocycles. The molecule has 3 heterocycles.